The van der Waals surface area contributed by atoms with Gasteiger partial charge in [0.2, 0.25) is 11.7 Å². The van der Waals surface area contributed by atoms with E-state index in [9.17, 15) is 39.6 Å². The zero-order chi connectivity index (χ0) is 30.7. The second-order valence-corrected chi connectivity index (χ2v) is 11.0. The molecule has 0 aromatic heterocycles. The van der Waals surface area contributed by atoms with Crippen molar-refractivity contribution in [3.63, 3.8) is 0 Å². The van der Waals surface area contributed by atoms with Crippen molar-refractivity contribution in [3.05, 3.63) is 70.2 Å². The van der Waals surface area contributed by atoms with Crippen molar-refractivity contribution >= 4 is 29.1 Å². The number of hydrogen-bond acceptors (Lipinski definition) is 10. The van der Waals surface area contributed by atoms with E-state index in [2.05, 4.69) is 5.32 Å². The van der Waals surface area contributed by atoms with Crippen LogP contribution in [-0.2, 0) is 25.5 Å². The molecule has 12 heteroatoms. The number of phenols is 1. The van der Waals surface area contributed by atoms with Crippen LogP contribution in [0.15, 0.2) is 59.1 Å². The summed E-state index contributed by atoms with van der Waals surface area (Å²) in [6.07, 6.45) is 0.149. The predicted molar refractivity (Wildman–Crippen MR) is 150 cm³/mol. The van der Waals surface area contributed by atoms with Crippen molar-refractivity contribution in [3.8, 4) is 16.9 Å². The molecule has 2 aromatic rings. The molecule has 0 unspecified atom stereocenters. The quantitative estimate of drug-likeness (QED) is 0.273. The van der Waals surface area contributed by atoms with Crippen molar-refractivity contribution in [2.75, 3.05) is 33.1 Å². The van der Waals surface area contributed by atoms with Crippen molar-refractivity contribution in [1.29, 1.82) is 0 Å². The molecule has 2 aromatic carbocycles. The highest BCUT2D eigenvalue weighted by molar-refractivity contribution is 6.25. The van der Waals surface area contributed by atoms with Crippen LogP contribution in [0.25, 0.3) is 11.1 Å². The molecule has 0 spiro atoms. The first-order chi connectivity index (χ1) is 19.8. The van der Waals surface area contributed by atoms with Crippen LogP contribution in [0.3, 0.4) is 0 Å². The second kappa shape index (κ2) is 10.4. The minimum atomic E-state index is -2.69. The maximum absolute atomic E-state index is 13.9. The number of hydrogen-bond donors (Lipinski definition) is 6. The number of nitrogens with one attached hydrogen (secondary N) is 1. The third-order valence-electron chi connectivity index (χ3n) is 8.36. The number of aliphatic hydroxyl groups excluding tert-OH is 2. The molecule has 0 radical (unpaired) electrons. The zero-order valence-electron chi connectivity index (χ0n) is 23.2. The number of nitrogens with two attached hydrogens (primary N) is 1. The summed E-state index contributed by atoms with van der Waals surface area (Å²) in [5, 5.41) is 47.5. The Morgan fingerprint density at radius 2 is 1.76 bits per heavy atom. The molecule has 3 aliphatic rings. The number of carbonyl (C=O) groups excluding carboxylic acids is 4. The van der Waals surface area contributed by atoms with Gasteiger partial charge in [0.25, 0.3) is 5.91 Å². The third-order valence-corrected chi connectivity index (χ3v) is 8.36. The van der Waals surface area contributed by atoms with Gasteiger partial charge in [-0.15, -0.1) is 0 Å². The molecule has 0 bridgehead atoms. The van der Waals surface area contributed by atoms with E-state index in [-0.39, 0.29) is 42.2 Å². The number of Topliss-reactive ketones (excluding diaryl/α,β-unsaturated/α-hetero) is 2. The Morgan fingerprint density at radius 1 is 1.10 bits per heavy atom. The molecule has 0 fully saturated rings. The number of aromatic hydroxyl groups is 1. The molecule has 4 atom stereocenters. The van der Waals surface area contributed by atoms with Gasteiger partial charge in [-0.1, -0.05) is 18.2 Å². The van der Waals surface area contributed by atoms with E-state index >= 15 is 0 Å². The highest BCUT2D eigenvalue weighted by Crippen LogP contribution is 2.53. The maximum Gasteiger partial charge on any atom is 0.255 e. The van der Waals surface area contributed by atoms with E-state index in [0.717, 1.165) is 0 Å². The fraction of sp³-hybridized carbons (Fsp3) is 0.333. The first-order valence-corrected chi connectivity index (χ1v) is 13.2. The first-order valence-electron chi connectivity index (χ1n) is 13.2. The fourth-order valence-corrected chi connectivity index (χ4v) is 6.58. The number of rotatable bonds is 6. The Kier molecular flexibility index (Phi) is 7.17. The Bertz CT molecular complexity index is 1590. The SMILES string of the molecule is COCC(=O)Nc1ccc(-c2ccc(O)c3c2C[C@H]2C[C@H]4[C@H](N(C)C)C(O)=C(C(N)=O)C(=O)[C@@]4(O)C(O)=C2C3=O)cc1. The molecule has 42 heavy (non-hydrogen) atoms. The van der Waals surface area contributed by atoms with Crippen LogP contribution >= 0.6 is 0 Å². The second-order valence-electron chi connectivity index (χ2n) is 11.0. The summed E-state index contributed by atoms with van der Waals surface area (Å²) in [5.74, 6) is -7.32. The molecule has 220 valence electrons. The lowest BCUT2D eigenvalue weighted by Gasteiger charge is -2.50. The lowest BCUT2D eigenvalue weighted by atomic mass is 9.58. The third kappa shape index (κ3) is 4.26. The van der Waals surface area contributed by atoms with Crippen LogP contribution in [0, 0.1) is 11.8 Å². The van der Waals surface area contributed by atoms with Gasteiger partial charge in [0.15, 0.2) is 11.4 Å². The minimum absolute atomic E-state index is 0.00860. The van der Waals surface area contributed by atoms with E-state index in [0.29, 0.717) is 22.4 Å². The number of likely N-dealkylation sites (N-methyl/N-ethyl adjacent to an activating group) is 1. The van der Waals surface area contributed by atoms with E-state index in [1.165, 1.54) is 18.1 Å². The van der Waals surface area contributed by atoms with Crippen LogP contribution in [0.1, 0.15) is 22.3 Å². The molecule has 0 heterocycles. The zero-order valence-corrected chi connectivity index (χ0v) is 23.2. The predicted octanol–water partition coefficient (Wildman–Crippen LogP) is 1.37. The topological polar surface area (TPSA) is 200 Å². The highest BCUT2D eigenvalue weighted by Gasteiger charge is 2.63. The number of anilines is 1. The van der Waals surface area contributed by atoms with E-state index < -0.39 is 58.0 Å². The van der Waals surface area contributed by atoms with Gasteiger partial charge in [0.1, 0.15) is 29.4 Å². The summed E-state index contributed by atoms with van der Waals surface area (Å²) in [6, 6.07) is 8.81. The Labute approximate surface area is 240 Å². The van der Waals surface area contributed by atoms with Gasteiger partial charge in [-0.25, -0.2) is 0 Å². The number of allylic oxidation sites excluding steroid dienone is 1. The molecule has 0 saturated heterocycles. The molecule has 5 rings (SSSR count). The number of aliphatic hydroxyl groups is 3. The first kappa shape index (κ1) is 29.0. The maximum atomic E-state index is 13.9. The summed E-state index contributed by atoms with van der Waals surface area (Å²) in [7, 11) is 4.56. The van der Waals surface area contributed by atoms with Crippen molar-refractivity contribution in [2.24, 2.45) is 17.6 Å². The van der Waals surface area contributed by atoms with Crippen LogP contribution in [0.4, 0.5) is 5.69 Å². The largest absolute Gasteiger partial charge is 0.510 e. The van der Waals surface area contributed by atoms with Gasteiger partial charge in [0.05, 0.1) is 11.6 Å². The van der Waals surface area contributed by atoms with Crippen LogP contribution < -0.4 is 11.1 Å². The molecular formula is C30H31N3O9. The monoisotopic (exact) mass is 577 g/mol. The normalized spacial score (nSPS) is 25.2. The van der Waals surface area contributed by atoms with Gasteiger partial charge in [0, 0.05) is 24.3 Å². The Hall–Kier alpha value is -4.52. The molecule has 0 aliphatic heterocycles. The smallest absolute Gasteiger partial charge is 0.255 e. The number of primary amides is 1. The van der Waals surface area contributed by atoms with Crippen LogP contribution in [0.2, 0.25) is 0 Å². The summed E-state index contributed by atoms with van der Waals surface area (Å²) in [5.41, 5.74) is 3.88. The summed E-state index contributed by atoms with van der Waals surface area (Å²) in [4.78, 5) is 52.8. The summed E-state index contributed by atoms with van der Waals surface area (Å²) < 4.78 is 4.83. The number of ether oxygens (including phenoxy) is 1. The lowest BCUT2D eigenvalue weighted by molar-refractivity contribution is -0.148. The molecule has 12 nitrogen and oxygen atoms in total. The summed E-state index contributed by atoms with van der Waals surface area (Å²) in [6.45, 7) is -0.104. The van der Waals surface area contributed by atoms with Crippen molar-refractivity contribution in [2.45, 2.75) is 24.5 Å². The standard InChI is InChI=1S/C30H31N3O9/c1-33(2)24-18-11-14-10-17-16(13-4-6-15(7-5-13)32-20(35)12-42-3)8-9-19(34)22(17)25(36)21(14)27(38)30(18,41)28(39)23(26(24)37)29(31)40/h4-9,14,18,24,34,37-38,41H,10-12H2,1-3H3,(H2,31,40)(H,32,35)/t14-,18-,24-,30-/m0/s1. The van der Waals surface area contributed by atoms with E-state index in [1.807, 2.05) is 0 Å². The van der Waals surface area contributed by atoms with Gasteiger partial charge in [-0.3, -0.25) is 24.1 Å². The number of amides is 2. The molecular weight excluding hydrogens is 546 g/mol. The molecule has 0 saturated carbocycles. The molecule has 3 aliphatic carbocycles. The lowest BCUT2D eigenvalue weighted by Crippen LogP contribution is -2.63. The number of fused-ring (bicyclic) bond motifs is 3. The number of benzene rings is 2. The highest BCUT2D eigenvalue weighted by atomic mass is 16.5. The van der Waals surface area contributed by atoms with Crippen LogP contribution in [-0.4, -0.2) is 88.2 Å². The molecule has 7 N–H and O–H groups in total. The average Bonchev–Trinajstić information content (AvgIpc) is 2.91. The van der Waals surface area contributed by atoms with E-state index in [1.54, 1.807) is 44.4 Å². The number of nitrogens with zero attached hydrogens (tertiary/aromatic N) is 1. The van der Waals surface area contributed by atoms with Gasteiger partial charge < -0.3 is 36.2 Å². The van der Waals surface area contributed by atoms with Gasteiger partial charge >= 0.3 is 0 Å². The van der Waals surface area contributed by atoms with Crippen molar-refractivity contribution in [1.82, 2.24) is 4.90 Å². The van der Waals surface area contributed by atoms with Gasteiger partial charge in [-0.05, 0) is 67.7 Å². The number of carbonyl (C=O) groups is 4. The number of methoxy groups -OCH3 is 1. The summed E-state index contributed by atoms with van der Waals surface area (Å²) >= 11 is 0. The number of phenolic OH excluding ortho intramolecular Hbond substituents is 1. The van der Waals surface area contributed by atoms with E-state index in [4.69, 9.17) is 10.5 Å². The molecule has 2 amide bonds. The van der Waals surface area contributed by atoms with Crippen molar-refractivity contribution < 1.29 is 44.3 Å². The van der Waals surface area contributed by atoms with Crippen LogP contribution in [0.5, 0.6) is 5.75 Å². The minimum Gasteiger partial charge on any atom is -0.510 e. The Balaban J connectivity index is 1.61. The van der Waals surface area contributed by atoms with Gasteiger partial charge in [-0.2, -0.15) is 0 Å². The average molecular weight is 578 g/mol. The Morgan fingerprint density at radius 3 is 2.36 bits per heavy atom. The number of ketones is 2. The fourth-order valence-electron chi connectivity index (χ4n) is 6.58.